The van der Waals surface area contributed by atoms with Crippen molar-refractivity contribution in [3.05, 3.63) is 38.4 Å². The molecule has 0 heterocycles. The van der Waals surface area contributed by atoms with Gasteiger partial charge in [-0.25, -0.2) is 0 Å². The van der Waals surface area contributed by atoms with Gasteiger partial charge in [0.25, 0.3) is 11.4 Å². The summed E-state index contributed by atoms with van der Waals surface area (Å²) in [4.78, 5) is 31.1. The van der Waals surface area contributed by atoms with E-state index in [2.05, 4.69) is 0 Å². The van der Waals surface area contributed by atoms with Crippen molar-refractivity contribution in [2.75, 3.05) is 12.4 Å². The Morgan fingerprint density at radius 1 is 1.27 bits per heavy atom. The first-order valence-electron chi connectivity index (χ1n) is 6.33. The number of nitro groups is 2. The molecule has 0 saturated carbocycles. The van der Waals surface area contributed by atoms with Crippen LogP contribution < -0.4 is 0 Å². The number of hydrogen-bond acceptors (Lipinski definition) is 7. The number of nitro benzene ring substituents is 2. The zero-order valence-corrected chi connectivity index (χ0v) is 12.5. The Morgan fingerprint density at radius 3 is 2.50 bits per heavy atom. The van der Waals surface area contributed by atoms with E-state index in [-0.39, 0.29) is 11.5 Å². The lowest BCUT2D eigenvalue weighted by molar-refractivity contribution is -0.396. The maximum Gasteiger partial charge on any atom is 0.318 e. The van der Waals surface area contributed by atoms with Crippen LogP contribution in [-0.2, 0) is 20.3 Å². The average Bonchev–Trinajstić information content (AvgIpc) is 2.46. The van der Waals surface area contributed by atoms with Gasteiger partial charge >= 0.3 is 5.97 Å². The highest BCUT2D eigenvalue weighted by atomic mass is 32.2. The minimum atomic E-state index is -2.01. The average molecular weight is 330 g/mol. The molecule has 0 aliphatic heterocycles. The van der Waals surface area contributed by atoms with Crippen LogP contribution in [0.2, 0.25) is 0 Å². The molecule has 9 nitrogen and oxygen atoms in total. The number of ether oxygens (including phenoxy) is 1. The monoisotopic (exact) mass is 330 g/mol. The standard InChI is InChI=1S/C12H14N2O7S/c1-2-3-6-21-12(15)8-22(20)11-5-4-9(13(16)17)7-10(11)14(18)19/h4-5,7H,2-3,6,8H2,1H3. The molecule has 0 bridgehead atoms. The number of carbonyl (C=O) groups excluding carboxylic acids is 1. The minimum absolute atomic E-state index is 0.189. The van der Waals surface area contributed by atoms with Crippen LogP contribution in [0, 0.1) is 20.2 Å². The van der Waals surface area contributed by atoms with Crippen LogP contribution in [0.4, 0.5) is 11.4 Å². The molecule has 0 saturated heterocycles. The summed E-state index contributed by atoms with van der Waals surface area (Å²) in [5.41, 5.74) is -1.15. The Kier molecular flexibility index (Phi) is 6.57. The summed E-state index contributed by atoms with van der Waals surface area (Å²) < 4.78 is 16.9. The number of benzene rings is 1. The first kappa shape index (κ1) is 17.7. The molecule has 0 aliphatic carbocycles. The van der Waals surface area contributed by atoms with Crippen LogP contribution in [0.5, 0.6) is 0 Å². The summed E-state index contributed by atoms with van der Waals surface area (Å²) in [5.74, 6) is -1.28. The van der Waals surface area contributed by atoms with Crippen LogP contribution in [0.3, 0.4) is 0 Å². The van der Waals surface area contributed by atoms with Crippen LogP contribution in [-0.4, -0.2) is 32.4 Å². The fraction of sp³-hybridized carbons (Fsp3) is 0.417. The quantitative estimate of drug-likeness (QED) is 0.308. The summed E-state index contributed by atoms with van der Waals surface area (Å²) in [6.07, 6.45) is 1.49. The van der Waals surface area contributed by atoms with Gasteiger partial charge in [0.2, 0.25) is 0 Å². The molecule has 0 aromatic heterocycles. The molecule has 1 aromatic rings. The lowest BCUT2D eigenvalue weighted by atomic mass is 10.3. The van der Waals surface area contributed by atoms with Gasteiger partial charge in [-0.05, 0) is 12.5 Å². The van der Waals surface area contributed by atoms with Gasteiger partial charge in [0.05, 0.1) is 33.3 Å². The third-order valence-electron chi connectivity index (χ3n) is 2.61. The second kappa shape index (κ2) is 8.17. The highest BCUT2D eigenvalue weighted by Crippen LogP contribution is 2.27. The Hall–Kier alpha value is -2.36. The van der Waals surface area contributed by atoms with Crippen molar-refractivity contribution in [3.63, 3.8) is 0 Å². The smallest absolute Gasteiger partial charge is 0.318 e. The highest BCUT2D eigenvalue weighted by molar-refractivity contribution is 7.85. The molecule has 1 aromatic carbocycles. The number of unbranched alkanes of at least 4 members (excludes halogenated alkanes) is 1. The van der Waals surface area contributed by atoms with E-state index in [1.54, 1.807) is 0 Å². The van der Waals surface area contributed by atoms with Crippen molar-refractivity contribution in [1.82, 2.24) is 0 Å². The van der Waals surface area contributed by atoms with E-state index in [9.17, 15) is 29.2 Å². The Balaban J connectivity index is 2.91. The van der Waals surface area contributed by atoms with Crippen molar-refractivity contribution >= 4 is 28.1 Å². The Bertz CT molecular complexity index is 617. The van der Waals surface area contributed by atoms with Crippen molar-refractivity contribution in [1.29, 1.82) is 0 Å². The number of rotatable bonds is 8. The second-order valence-electron chi connectivity index (χ2n) is 4.23. The van der Waals surface area contributed by atoms with Crippen LogP contribution in [0.1, 0.15) is 19.8 Å². The molecule has 1 unspecified atom stereocenters. The van der Waals surface area contributed by atoms with Gasteiger partial charge in [0.1, 0.15) is 10.6 Å². The van der Waals surface area contributed by atoms with Gasteiger partial charge in [-0.2, -0.15) is 0 Å². The molecule has 0 fully saturated rings. The van der Waals surface area contributed by atoms with E-state index in [4.69, 9.17) is 4.74 Å². The van der Waals surface area contributed by atoms with Gasteiger partial charge in [-0.3, -0.25) is 29.2 Å². The first-order chi connectivity index (χ1) is 10.4. The lowest BCUT2D eigenvalue weighted by Crippen LogP contribution is -2.15. The molecule has 10 heteroatoms. The largest absolute Gasteiger partial charge is 0.465 e. The third-order valence-corrected chi connectivity index (χ3v) is 3.94. The molecule has 0 amide bonds. The molecule has 22 heavy (non-hydrogen) atoms. The SMILES string of the molecule is CCCCOC(=O)CS(=O)c1ccc([N+](=O)[O-])cc1[N+](=O)[O-]. The van der Waals surface area contributed by atoms with Gasteiger partial charge in [0.15, 0.2) is 0 Å². The zero-order chi connectivity index (χ0) is 16.7. The highest BCUT2D eigenvalue weighted by Gasteiger charge is 2.24. The normalized spacial score (nSPS) is 11.7. The third kappa shape index (κ3) is 4.88. The summed E-state index contributed by atoms with van der Waals surface area (Å²) in [6.45, 7) is 2.10. The van der Waals surface area contributed by atoms with Crippen molar-refractivity contribution in [3.8, 4) is 0 Å². The molecule has 0 spiro atoms. The fourth-order valence-electron chi connectivity index (χ4n) is 1.51. The van der Waals surface area contributed by atoms with Crippen LogP contribution in [0.25, 0.3) is 0 Å². The van der Waals surface area contributed by atoms with Gasteiger partial charge in [0, 0.05) is 6.07 Å². The number of nitrogens with zero attached hydrogens (tertiary/aromatic N) is 2. The lowest BCUT2D eigenvalue weighted by Gasteiger charge is -2.05. The van der Waals surface area contributed by atoms with Crippen LogP contribution >= 0.6 is 0 Å². The summed E-state index contributed by atoms with van der Waals surface area (Å²) >= 11 is 0. The second-order valence-corrected chi connectivity index (χ2v) is 5.65. The zero-order valence-electron chi connectivity index (χ0n) is 11.7. The molecule has 120 valence electrons. The predicted molar refractivity (Wildman–Crippen MR) is 76.9 cm³/mol. The predicted octanol–water partition coefficient (Wildman–Crippen LogP) is 1.95. The molecule has 0 radical (unpaired) electrons. The van der Waals surface area contributed by atoms with E-state index >= 15 is 0 Å². The van der Waals surface area contributed by atoms with Crippen molar-refractivity contribution < 1.29 is 23.6 Å². The molecule has 1 atom stereocenters. The molecule has 1 rings (SSSR count). The number of esters is 1. The Morgan fingerprint density at radius 2 is 1.95 bits per heavy atom. The first-order valence-corrected chi connectivity index (χ1v) is 7.65. The number of hydrogen-bond donors (Lipinski definition) is 0. The van der Waals surface area contributed by atoms with Gasteiger partial charge in [-0.1, -0.05) is 13.3 Å². The topological polar surface area (TPSA) is 130 Å². The maximum absolute atomic E-state index is 12.0. The Labute approximate surface area is 128 Å². The molecule has 0 N–H and O–H groups in total. The van der Waals surface area contributed by atoms with Crippen LogP contribution in [0.15, 0.2) is 23.1 Å². The van der Waals surface area contributed by atoms with E-state index in [0.29, 0.717) is 6.42 Å². The molecule has 0 aliphatic rings. The number of non-ortho nitro benzene ring substituents is 1. The van der Waals surface area contributed by atoms with Gasteiger partial charge in [-0.15, -0.1) is 0 Å². The molecular formula is C12H14N2O7S. The van der Waals surface area contributed by atoms with Crippen molar-refractivity contribution in [2.24, 2.45) is 0 Å². The summed E-state index contributed by atoms with van der Waals surface area (Å²) in [7, 11) is -2.01. The minimum Gasteiger partial charge on any atom is -0.465 e. The van der Waals surface area contributed by atoms with E-state index in [1.807, 2.05) is 6.92 Å². The van der Waals surface area contributed by atoms with E-state index in [1.165, 1.54) is 0 Å². The van der Waals surface area contributed by atoms with E-state index < -0.39 is 43.7 Å². The number of carbonyl (C=O) groups is 1. The maximum atomic E-state index is 12.0. The summed E-state index contributed by atoms with van der Waals surface area (Å²) in [5, 5.41) is 21.5. The summed E-state index contributed by atoms with van der Waals surface area (Å²) in [6, 6.07) is 2.74. The van der Waals surface area contributed by atoms with Gasteiger partial charge < -0.3 is 4.74 Å². The fourth-order valence-corrected chi connectivity index (χ4v) is 2.55. The van der Waals surface area contributed by atoms with E-state index in [0.717, 1.165) is 24.6 Å². The van der Waals surface area contributed by atoms with Crippen molar-refractivity contribution in [2.45, 2.75) is 24.7 Å². The molecular weight excluding hydrogens is 316 g/mol.